The van der Waals surface area contributed by atoms with E-state index in [1.54, 1.807) is 20.4 Å². The summed E-state index contributed by atoms with van der Waals surface area (Å²) in [5, 5.41) is 0. The molecule has 0 N–H and O–H groups in total. The highest BCUT2D eigenvalue weighted by Crippen LogP contribution is 2.49. The van der Waals surface area contributed by atoms with Crippen molar-refractivity contribution < 1.29 is 23.3 Å². The largest absolute Gasteiger partial charge is 0.382 e. The van der Waals surface area contributed by atoms with Crippen LogP contribution in [0.2, 0.25) is 0 Å². The Labute approximate surface area is 102 Å². The molecule has 0 spiro atoms. The van der Waals surface area contributed by atoms with Gasteiger partial charge in [-0.2, -0.15) is 0 Å². The number of hydrogen-bond acceptors (Lipinski definition) is 5. The van der Waals surface area contributed by atoms with E-state index < -0.39 is 13.0 Å². The first kappa shape index (κ1) is 13.5. The van der Waals surface area contributed by atoms with Gasteiger partial charge in [0.1, 0.15) is 17.8 Å². The SMILES string of the molecule is COC[C@]12CCO[C@@H](C1OP(C)(C)=O)[C@H](C)O2. The number of hydrogen-bond donors (Lipinski definition) is 0. The highest BCUT2D eigenvalue weighted by molar-refractivity contribution is 7.57. The van der Waals surface area contributed by atoms with E-state index in [-0.39, 0.29) is 18.3 Å². The van der Waals surface area contributed by atoms with E-state index in [0.29, 0.717) is 19.6 Å². The molecule has 2 aliphatic rings. The van der Waals surface area contributed by atoms with Crippen molar-refractivity contribution in [2.75, 3.05) is 33.7 Å². The standard InChI is InChI=1S/C11H21O5P/c1-8-9-10(16-17(3,4)12)11(15-8,7-13-2)5-6-14-9/h8-10H,5-7H2,1-4H3/t8-,9+,10?,11+/m0/s1. The minimum Gasteiger partial charge on any atom is -0.382 e. The summed E-state index contributed by atoms with van der Waals surface area (Å²) in [6.45, 7) is 6.27. The molecule has 2 saturated heterocycles. The molecule has 0 aromatic carbocycles. The smallest absolute Gasteiger partial charge is 0.197 e. The summed E-state index contributed by atoms with van der Waals surface area (Å²) in [5.41, 5.74) is -0.501. The highest BCUT2D eigenvalue weighted by atomic mass is 31.2. The van der Waals surface area contributed by atoms with Gasteiger partial charge in [0.05, 0.1) is 19.3 Å². The molecule has 0 aliphatic carbocycles. The predicted octanol–water partition coefficient (Wildman–Crippen LogP) is 1.50. The van der Waals surface area contributed by atoms with Crippen LogP contribution >= 0.6 is 7.37 Å². The zero-order valence-corrected chi connectivity index (χ0v) is 11.7. The normalized spacial score (nSPS) is 41.8. The Hall–Kier alpha value is 0.0700. The summed E-state index contributed by atoms with van der Waals surface area (Å²) in [6.07, 6.45) is 0.218. The van der Waals surface area contributed by atoms with Gasteiger partial charge in [0.15, 0.2) is 7.37 Å². The second-order valence-corrected chi connectivity index (χ2v) is 7.90. The van der Waals surface area contributed by atoms with Gasteiger partial charge in [-0.1, -0.05) is 0 Å². The fourth-order valence-electron chi connectivity index (χ4n) is 2.70. The number of fused-ring (bicyclic) bond motifs is 2. The van der Waals surface area contributed by atoms with Crippen LogP contribution in [0.1, 0.15) is 13.3 Å². The monoisotopic (exact) mass is 264 g/mol. The summed E-state index contributed by atoms with van der Waals surface area (Å²) in [5.74, 6) is 0. The molecular weight excluding hydrogens is 243 g/mol. The van der Waals surface area contributed by atoms with E-state index in [0.717, 1.165) is 0 Å². The van der Waals surface area contributed by atoms with Crippen molar-refractivity contribution >= 4 is 7.37 Å². The number of ether oxygens (including phenoxy) is 3. The third-order valence-corrected chi connectivity index (χ3v) is 4.03. The Morgan fingerprint density at radius 3 is 2.76 bits per heavy atom. The Balaban J connectivity index is 2.24. The minimum atomic E-state index is -2.58. The van der Waals surface area contributed by atoms with Crippen molar-refractivity contribution in [2.45, 2.75) is 37.3 Å². The molecule has 2 heterocycles. The molecule has 0 saturated carbocycles. The van der Waals surface area contributed by atoms with Gasteiger partial charge < -0.3 is 18.7 Å². The first-order valence-corrected chi connectivity index (χ1v) is 8.42. The molecule has 2 rings (SSSR count). The lowest BCUT2D eigenvalue weighted by molar-refractivity contribution is -0.135. The molecule has 5 nitrogen and oxygen atoms in total. The molecule has 0 radical (unpaired) electrons. The molecule has 1 unspecified atom stereocenters. The van der Waals surface area contributed by atoms with Gasteiger partial charge in [0, 0.05) is 26.9 Å². The van der Waals surface area contributed by atoms with Crippen LogP contribution in [0, 0.1) is 0 Å². The molecule has 6 heteroatoms. The maximum Gasteiger partial charge on any atom is 0.197 e. The van der Waals surface area contributed by atoms with Crippen molar-refractivity contribution in [3.63, 3.8) is 0 Å². The Kier molecular flexibility index (Phi) is 3.68. The van der Waals surface area contributed by atoms with Crippen molar-refractivity contribution in [1.29, 1.82) is 0 Å². The highest BCUT2D eigenvalue weighted by Gasteiger charge is 2.58. The molecule has 0 aromatic heterocycles. The van der Waals surface area contributed by atoms with E-state index >= 15 is 0 Å². The summed E-state index contributed by atoms with van der Waals surface area (Å²) in [6, 6.07) is 0. The lowest BCUT2D eigenvalue weighted by atomic mass is 9.90. The molecule has 4 atom stereocenters. The lowest BCUT2D eigenvalue weighted by Crippen LogP contribution is -2.52. The van der Waals surface area contributed by atoms with Crippen LogP contribution in [0.25, 0.3) is 0 Å². The summed E-state index contributed by atoms with van der Waals surface area (Å²) in [4.78, 5) is 0. The van der Waals surface area contributed by atoms with Crippen LogP contribution in [0.15, 0.2) is 0 Å². The fourth-order valence-corrected chi connectivity index (χ4v) is 3.56. The lowest BCUT2D eigenvalue weighted by Gasteiger charge is -2.38. The first-order chi connectivity index (χ1) is 7.88. The van der Waals surface area contributed by atoms with Gasteiger partial charge >= 0.3 is 0 Å². The van der Waals surface area contributed by atoms with Gasteiger partial charge in [-0.25, -0.2) is 0 Å². The van der Waals surface area contributed by atoms with E-state index in [9.17, 15) is 4.57 Å². The van der Waals surface area contributed by atoms with Crippen LogP contribution in [0.4, 0.5) is 0 Å². The fraction of sp³-hybridized carbons (Fsp3) is 1.00. The second-order valence-electron chi connectivity index (χ2n) is 5.18. The maximum absolute atomic E-state index is 11.9. The summed E-state index contributed by atoms with van der Waals surface area (Å²) >= 11 is 0. The van der Waals surface area contributed by atoms with Gasteiger partial charge in [-0.05, 0) is 6.92 Å². The van der Waals surface area contributed by atoms with Crippen molar-refractivity contribution in [1.82, 2.24) is 0 Å². The molecule has 2 bridgehead atoms. The van der Waals surface area contributed by atoms with E-state index in [1.165, 1.54) is 0 Å². The average molecular weight is 264 g/mol. The zero-order chi connectivity index (χ0) is 12.7. The molecule has 0 aromatic rings. The van der Waals surface area contributed by atoms with Crippen molar-refractivity contribution in [3.05, 3.63) is 0 Å². The van der Waals surface area contributed by atoms with Gasteiger partial charge in [-0.15, -0.1) is 0 Å². The Morgan fingerprint density at radius 1 is 1.47 bits per heavy atom. The topological polar surface area (TPSA) is 54.0 Å². The molecular formula is C11H21O5P. The third kappa shape index (κ3) is 2.59. The van der Waals surface area contributed by atoms with Crippen molar-refractivity contribution in [3.8, 4) is 0 Å². The number of rotatable bonds is 4. The van der Waals surface area contributed by atoms with E-state index in [4.69, 9.17) is 18.7 Å². The maximum atomic E-state index is 11.9. The Bertz CT molecular complexity index is 324. The average Bonchev–Trinajstić information content (AvgIpc) is 2.35. The number of methoxy groups -OCH3 is 1. The second kappa shape index (κ2) is 4.63. The first-order valence-electron chi connectivity index (χ1n) is 5.90. The molecule has 17 heavy (non-hydrogen) atoms. The zero-order valence-electron chi connectivity index (χ0n) is 10.8. The Morgan fingerprint density at radius 2 is 2.18 bits per heavy atom. The van der Waals surface area contributed by atoms with Gasteiger partial charge in [0.25, 0.3) is 0 Å². The third-order valence-electron chi connectivity index (χ3n) is 3.29. The summed E-state index contributed by atoms with van der Waals surface area (Å²) < 4.78 is 34.5. The quantitative estimate of drug-likeness (QED) is 0.720. The van der Waals surface area contributed by atoms with E-state index in [1.807, 2.05) is 6.92 Å². The molecule has 2 aliphatic heterocycles. The van der Waals surface area contributed by atoms with Crippen LogP contribution < -0.4 is 0 Å². The molecule has 100 valence electrons. The minimum absolute atomic E-state index is 0.0517. The van der Waals surface area contributed by atoms with Gasteiger partial charge in [0.2, 0.25) is 0 Å². The molecule has 2 fully saturated rings. The summed E-state index contributed by atoms with van der Waals surface area (Å²) in [7, 11) is -0.938. The van der Waals surface area contributed by atoms with Crippen LogP contribution in [0.3, 0.4) is 0 Å². The van der Waals surface area contributed by atoms with Crippen LogP contribution in [0.5, 0.6) is 0 Å². The van der Waals surface area contributed by atoms with Crippen LogP contribution in [-0.2, 0) is 23.3 Å². The van der Waals surface area contributed by atoms with Crippen LogP contribution in [-0.4, -0.2) is 57.6 Å². The van der Waals surface area contributed by atoms with E-state index in [2.05, 4.69) is 0 Å². The van der Waals surface area contributed by atoms with Gasteiger partial charge in [-0.3, -0.25) is 4.57 Å². The molecule has 0 amide bonds. The van der Waals surface area contributed by atoms with Crippen molar-refractivity contribution in [2.24, 2.45) is 0 Å². The predicted molar refractivity (Wildman–Crippen MR) is 63.8 cm³/mol.